The maximum Gasteiger partial charge on any atom is 0.182 e. The van der Waals surface area contributed by atoms with Crippen molar-refractivity contribution in [3.05, 3.63) is 29.6 Å². The molecule has 1 aromatic heterocycles. The van der Waals surface area contributed by atoms with Crippen molar-refractivity contribution in [2.45, 2.75) is 19.9 Å². The summed E-state index contributed by atoms with van der Waals surface area (Å²) in [5, 5.41) is 9.47. The smallest absolute Gasteiger partial charge is 0.182 e. The summed E-state index contributed by atoms with van der Waals surface area (Å²) >= 11 is 1.62. The zero-order valence-electron chi connectivity index (χ0n) is 10.3. The summed E-state index contributed by atoms with van der Waals surface area (Å²) in [6, 6.07) is 8.79. The molecule has 0 fully saturated rings. The van der Waals surface area contributed by atoms with Gasteiger partial charge in [0.15, 0.2) is 5.13 Å². The molecule has 2 aromatic rings. The number of benzene rings is 1. The molecule has 2 N–H and O–H groups in total. The van der Waals surface area contributed by atoms with Gasteiger partial charge in [-0.2, -0.15) is 0 Å². The first kappa shape index (κ1) is 11.9. The Labute approximate surface area is 106 Å². The number of anilines is 2. The molecule has 4 heteroatoms. The molecule has 0 spiro atoms. The fourth-order valence-electron chi connectivity index (χ4n) is 1.62. The van der Waals surface area contributed by atoms with Gasteiger partial charge >= 0.3 is 0 Å². The number of nitrogens with one attached hydrogen (secondary N) is 2. The van der Waals surface area contributed by atoms with Crippen LogP contribution in [0.25, 0.3) is 11.3 Å². The number of hydrogen-bond donors (Lipinski definition) is 2. The quantitative estimate of drug-likeness (QED) is 0.865. The SMILES string of the molecule is CNc1nc(-c2cccc(NC(C)C)c2)cs1. The zero-order chi connectivity index (χ0) is 12.3. The van der Waals surface area contributed by atoms with Gasteiger partial charge in [0.1, 0.15) is 0 Å². The predicted molar refractivity (Wildman–Crippen MR) is 75.9 cm³/mol. The molecule has 2 rings (SSSR count). The topological polar surface area (TPSA) is 37.0 Å². The second-order valence-corrected chi connectivity index (χ2v) is 5.03. The maximum atomic E-state index is 4.50. The molecule has 0 bridgehead atoms. The van der Waals surface area contributed by atoms with Gasteiger partial charge in [0.05, 0.1) is 5.69 Å². The molecule has 0 amide bonds. The minimum Gasteiger partial charge on any atom is -0.383 e. The van der Waals surface area contributed by atoms with Crippen molar-refractivity contribution in [3.8, 4) is 11.3 Å². The maximum absolute atomic E-state index is 4.50. The van der Waals surface area contributed by atoms with E-state index in [0.717, 1.165) is 22.1 Å². The highest BCUT2D eigenvalue weighted by Gasteiger charge is 2.04. The largest absolute Gasteiger partial charge is 0.383 e. The third kappa shape index (κ3) is 2.97. The van der Waals surface area contributed by atoms with Crippen molar-refractivity contribution in [2.24, 2.45) is 0 Å². The van der Waals surface area contributed by atoms with E-state index < -0.39 is 0 Å². The van der Waals surface area contributed by atoms with E-state index in [9.17, 15) is 0 Å². The fraction of sp³-hybridized carbons (Fsp3) is 0.308. The fourth-order valence-corrected chi connectivity index (χ4v) is 2.30. The summed E-state index contributed by atoms with van der Waals surface area (Å²) < 4.78 is 0. The van der Waals surface area contributed by atoms with E-state index in [4.69, 9.17) is 0 Å². The van der Waals surface area contributed by atoms with Crippen LogP contribution >= 0.6 is 11.3 Å². The summed E-state index contributed by atoms with van der Waals surface area (Å²) in [6.07, 6.45) is 0. The second kappa shape index (κ2) is 5.19. The second-order valence-electron chi connectivity index (χ2n) is 4.17. The molecule has 0 aliphatic carbocycles. The Kier molecular flexibility index (Phi) is 3.64. The molecule has 0 aliphatic heterocycles. The van der Waals surface area contributed by atoms with Crippen molar-refractivity contribution in [1.29, 1.82) is 0 Å². The first-order valence-electron chi connectivity index (χ1n) is 5.69. The first-order valence-corrected chi connectivity index (χ1v) is 6.57. The molecule has 1 heterocycles. The summed E-state index contributed by atoms with van der Waals surface area (Å²) in [7, 11) is 1.89. The van der Waals surface area contributed by atoms with Crippen molar-refractivity contribution >= 4 is 22.2 Å². The van der Waals surface area contributed by atoms with E-state index in [-0.39, 0.29) is 0 Å². The monoisotopic (exact) mass is 247 g/mol. The van der Waals surface area contributed by atoms with E-state index in [1.165, 1.54) is 0 Å². The standard InChI is InChI=1S/C13H17N3S/c1-9(2)15-11-6-4-5-10(7-11)12-8-17-13(14-3)16-12/h4-9,15H,1-3H3,(H,14,16). The van der Waals surface area contributed by atoms with Crippen LogP contribution in [0.4, 0.5) is 10.8 Å². The van der Waals surface area contributed by atoms with Crippen LogP contribution < -0.4 is 10.6 Å². The highest BCUT2D eigenvalue weighted by Crippen LogP contribution is 2.26. The Morgan fingerprint density at radius 2 is 2.12 bits per heavy atom. The van der Waals surface area contributed by atoms with Crippen LogP contribution in [0, 0.1) is 0 Å². The number of thiazole rings is 1. The Morgan fingerprint density at radius 3 is 2.76 bits per heavy atom. The number of aromatic nitrogens is 1. The molecule has 90 valence electrons. The van der Waals surface area contributed by atoms with Gasteiger partial charge in [-0.3, -0.25) is 0 Å². The number of rotatable bonds is 4. The van der Waals surface area contributed by atoms with Gasteiger partial charge in [-0.05, 0) is 26.0 Å². The third-order valence-electron chi connectivity index (χ3n) is 2.33. The van der Waals surface area contributed by atoms with Crippen LogP contribution in [0.15, 0.2) is 29.6 Å². The minimum absolute atomic E-state index is 0.438. The lowest BCUT2D eigenvalue weighted by atomic mass is 10.1. The Morgan fingerprint density at radius 1 is 1.29 bits per heavy atom. The van der Waals surface area contributed by atoms with Crippen molar-refractivity contribution in [1.82, 2.24) is 4.98 Å². The molecule has 0 unspecified atom stereocenters. The molecule has 3 nitrogen and oxygen atoms in total. The molecule has 1 aromatic carbocycles. The average molecular weight is 247 g/mol. The summed E-state index contributed by atoms with van der Waals surface area (Å²) in [5.41, 5.74) is 3.30. The van der Waals surface area contributed by atoms with Crippen molar-refractivity contribution in [2.75, 3.05) is 17.7 Å². The highest BCUT2D eigenvalue weighted by atomic mass is 32.1. The van der Waals surface area contributed by atoms with Gasteiger partial charge in [-0.1, -0.05) is 12.1 Å². The van der Waals surface area contributed by atoms with Crippen LogP contribution in [0.5, 0.6) is 0 Å². The van der Waals surface area contributed by atoms with Gasteiger partial charge in [-0.25, -0.2) is 4.98 Å². The van der Waals surface area contributed by atoms with Gasteiger partial charge < -0.3 is 10.6 Å². The first-order chi connectivity index (χ1) is 8.19. The van der Waals surface area contributed by atoms with Gasteiger partial charge in [0, 0.05) is 29.7 Å². The minimum atomic E-state index is 0.438. The van der Waals surface area contributed by atoms with E-state index in [2.05, 4.69) is 59.1 Å². The number of nitrogens with zero attached hydrogens (tertiary/aromatic N) is 1. The van der Waals surface area contributed by atoms with Crippen LogP contribution in [0.3, 0.4) is 0 Å². The normalized spacial score (nSPS) is 10.6. The lowest BCUT2D eigenvalue weighted by Crippen LogP contribution is -2.09. The van der Waals surface area contributed by atoms with Gasteiger partial charge in [0.25, 0.3) is 0 Å². The van der Waals surface area contributed by atoms with Crippen molar-refractivity contribution < 1.29 is 0 Å². The average Bonchev–Trinajstić information content (AvgIpc) is 2.77. The number of hydrogen-bond acceptors (Lipinski definition) is 4. The summed E-state index contributed by atoms with van der Waals surface area (Å²) in [5.74, 6) is 0. The Bertz CT molecular complexity index is 491. The van der Waals surface area contributed by atoms with Crippen LogP contribution in [-0.4, -0.2) is 18.1 Å². The van der Waals surface area contributed by atoms with Crippen molar-refractivity contribution in [3.63, 3.8) is 0 Å². The third-order valence-corrected chi connectivity index (χ3v) is 3.19. The lowest BCUT2D eigenvalue weighted by Gasteiger charge is -2.10. The molecule has 0 aliphatic rings. The Balaban J connectivity index is 2.26. The van der Waals surface area contributed by atoms with E-state index in [1.54, 1.807) is 11.3 Å². The molecule has 17 heavy (non-hydrogen) atoms. The van der Waals surface area contributed by atoms with E-state index in [0.29, 0.717) is 6.04 Å². The highest BCUT2D eigenvalue weighted by molar-refractivity contribution is 7.14. The summed E-state index contributed by atoms with van der Waals surface area (Å²) in [6.45, 7) is 4.27. The molecular formula is C13H17N3S. The molecular weight excluding hydrogens is 230 g/mol. The van der Waals surface area contributed by atoms with Crippen LogP contribution in [-0.2, 0) is 0 Å². The lowest BCUT2D eigenvalue weighted by molar-refractivity contribution is 0.900. The van der Waals surface area contributed by atoms with Gasteiger partial charge in [0.2, 0.25) is 0 Å². The molecule has 0 saturated heterocycles. The predicted octanol–water partition coefficient (Wildman–Crippen LogP) is 3.67. The molecule has 0 radical (unpaired) electrons. The van der Waals surface area contributed by atoms with Crippen LogP contribution in [0.1, 0.15) is 13.8 Å². The van der Waals surface area contributed by atoms with E-state index >= 15 is 0 Å². The Hall–Kier alpha value is -1.55. The van der Waals surface area contributed by atoms with Gasteiger partial charge in [-0.15, -0.1) is 11.3 Å². The summed E-state index contributed by atoms with van der Waals surface area (Å²) in [4.78, 5) is 4.50. The zero-order valence-corrected chi connectivity index (χ0v) is 11.1. The van der Waals surface area contributed by atoms with E-state index in [1.807, 2.05) is 7.05 Å². The van der Waals surface area contributed by atoms with Crippen LogP contribution in [0.2, 0.25) is 0 Å². The molecule has 0 saturated carbocycles. The molecule has 0 atom stereocenters.